The van der Waals surface area contributed by atoms with Crippen LogP contribution in [0.3, 0.4) is 0 Å². The van der Waals surface area contributed by atoms with E-state index in [1.807, 2.05) is 30.3 Å². The Morgan fingerprint density at radius 3 is 2.50 bits per heavy atom. The van der Waals surface area contributed by atoms with E-state index in [2.05, 4.69) is 0 Å². The molecule has 1 aromatic carbocycles. The number of alkyl halides is 1. The summed E-state index contributed by atoms with van der Waals surface area (Å²) in [6, 6.07) is 9.40. The zero-order valence-corrected chi connectivity index (χ0v) is 9.58. The van der Waals surface area contributed by atoms with E-state index in [0.717, 1.165) is 4.46 Å². The van der Waals surface area contributed by atoms with Gasteiger partial charge in [0.1, 0.15) is 0 Å². The summed E-state index contributed by atoms with van der Waals surface area (Å²) >= 11 is -0.255. The fourth-order valence-electron chi connectivity index (χ4n) is 0.892. The summed E-state index contributed by atoms with van der Waals surface area (Å²) in [7, 11) is 0. The van der Waals surface area contributed by atoms with Gasteiger partial charge in [-0.1, -0.05) is 0 Å². The third-order valence-corrected chi connectivity index (χ3v) is 4.52. The molecule has 1 aromatic rings. The molecule has 0 spiro atoms. The molecule has 1 amide bonds. The summed E-state index contributed by atoms with van der Waals surface area (Å²) < 4.78 is 12.7. The maximum absolute atomic E-state index is 12.7. The molecule has 0 saturated carbocycles. The van der Waals surface area contributed by atoms with Crippen LogP contribution in [0.5, 0.6) is 0 Å². The van der Waals surface area contributed by atoms with Crippen LogP contribution in [0.1, 0.15) is 6.92 Å². The standard InChI is InChI=1S/C10H12FNOSe/c1-10(7-11,9(12)13)14-8-5-3-2-4-6-8/h2-6H,7H2,1H3,(H2,12,13). The van der Waals surface area contributed by atoms with Crippen molar-refractivity contribution in [2.45, 2.75) is 11.2 Å². The molecular weight excluding hydrogens is 248 g/mol. The number of hydrogen-bond donors (Lipinski definition) is 1. The van der Waals surface area contributed by atoms with Crippen molar-refractivity contribution in [2.24, 2.45) is 5.73 Å². The van der Waals surface area contributed by atoms with Crippen LogP contribution in [-0.2, 0) is 4.79 Å². The summed E-state index contributed by atoms with van der Waals surface area (Å²) in [6.07, 6.45) is 0. The van der Waals surface area contributed by atoms with Gasteiger partial charge >= 0.3 is 88.5 Å². The molecule has 0 radical (unpaired) electrons. The Morgan fingerprint density at radius 1 is 1.50 bits per heavy atom. The topological polar surface area (TPSA) is 43.1 Å². The molecule has 1 atom stereocenters. The molecule has 4 heteroatoms. The zero-order valence-electron chi connectivity index (χ0n) is 7.87. The molecule has 2 nitrogen and oxygen atoms in total. The Hall–Kier alpha value is -0.861. The molecule has 1 rings (SSSR count). The van der Waals surface area contributed by atoms with Crippen LogP contribution in [0.2, 0.25) is 4.31 Å². The Kier molecular flexibility index (Phi) is 3.67. The Labute approximate surface area is 88.8 Å². The van der Waals surface area contributed by atoms with Gasteiger partial charge in [-0.05, 0) is 0 Å². The molecule has 0 fully saturated rings. The molecule has 0 aliphatic heterocycles. The number of carbonyl (C=O) groups is 1. The van der Waals surface area contributed by atoms with E-state index < -0.39 is 16.9 Å². The number of rotatable bonds is 4. The van der Waals surface area contributed by atoms with Crippen molar-refractivity contribution < 1.29 is 9.18 Å². The predicted molar refractivity (Wildman–Crippen MR) is 55.4 cm³/mol. The summed E-state index contributed by atoms with van der Waals surface area (Å²) in [5, 5.41) is 0. The molecule has 0 saturated heterocycles. The number of carbonyl (C=O) groups excluding carboxylic acids is 1. The molecule has 0 aliphatic carbocycles. The molecular formula is C10H12FNOSe. The summed E-state index contributed by atoms with van der Waals surface area (Å²) in [4.78, 5) is 11.1. The number of primary amides is 1. The van der Waals surface area contributed by atoms with Gasteiger partial charge in [-0.15, -0.1) is 0 Å². The summed E-state index contributed by atoms with van der Waals surface area (Å²) in [6.45, 7) is 0.875. The first kappa shape index (κ1) is 11.2. The van der Waals surface area contributed by atoms with Gasteiger partial charge in [0.15, 0.2) is 0 Å². The van der Waals surface area contributed by atoms with Crippen LogP contribution >= 0.6 is 0 Å². The summed E-state index contributed by atoms with van der Waals surface area (Å²) in [5.41, 5.74) is 5.17. The number of benzene rings is 1. The SMILES string of the molecule is CC(CF)([Se]c1ccccc1)C(N)=O. The second-order valence-electron chi connectivity index (χ2n) is 3.14. The van der Waals surface area contributed by atoms with Crippen LogP contribution in [0.4, 0.5) is 4.39 Å². The maximum atomic E-state index is 12.7. The van der Waals surface area contributed by atoms with Crippen LogP contribution in [-0.4, -0.2) is 27.5 Å². The second kappa shape index (κ2) is 4.58. The monoisotopic (exact) mass is 261 g/mol. The fourth-order valence-corrected chi connectivity index (χ4v) is 2.92. The molecule has 0 bridgehead atoms. The van der Waals surface area contributed by atoms with E-state index in [1.165, 1.54) is 0 Å². The van der Waals surface area contributed by atoms with Crippen LogP contribution < -0.4 is 10.2 Å². The van der Waals surface area contributed by atoms with E-state index in [1.54, 1.807) is 6.92 Å². The molecule has 0 aliphatic rings. The van der Waals surface area contributed by atoms with Gasteiger partial charge in [0, 0.05) is 0 Å². The average Bonchev–Trinajstić information content (AvgIpc) is 2.19. The number of amides is 1. The van der Waals surface area contributed by atoms with Gasteiger partial charge < -0.3 is 0 Å². The van der Waals surface area contributed by atoms with E-state index in [0.29, 0.717) is 0 Å². The van der Waals surface area contributed by atoms with Crippen molar-refractivity contribution in [3.63, 3.8) is 0 Å². The van der Waals surface area contributed by atoms with Crippen molar-refractivity contribution in [1.29, 1.82) is 0 Å². The first-order valence-corrected chi connectivity index (χ1v) is 5.90. The Bertz CT molecular complexity index is 317. The second-order valence-corrected chi connectivity index (χ2v) is 6.45. The van der Waals surface area contributed by atoms with E-state index in [9.17, 15) is 9.18 Å². The molecule has 76 valence electrons. The fraction of sp³-hybridized carbons (Fsp3) is 0.300. The van der Waals surface area contributed by atoms with Crippen molar-refractivity contribution >= 4 is 25.3 Å². The average molecular weight is 260 g/mol. The van der Waals surface area contributed by atoms with E-state index in [-0.39, 0.29) is 15.0 Å². The zero-order chi connectivity index (χ0) is 10.6. The Balaban J connectivity index is 2.81. The van der Waals surface area contributed by atoms with Crippen molar-refractivity contribution in [3.8, 4) is 0 Å². The van der Waals surface area contributed by atoms with E-state index in [4.69, 9.17) is 5.73 Å². The predicted octanol–water partition coefficient (Wildman–Crippen LogP) is 0.650. The molecule has 0 aromatic heterocycles. The van der Waals surface area contributed by atoms with Crippen LogP contribution in [0, 0.1) is 0 Å². The first-order chi connectivity index (χ1) is 6.58. The van der Waals surface area contributed by atoms with Gasteiger partial charge in [0.25, 0.3) is 0 Å². The van der Waals surface area contributed by atoms with Gasteiger partial charge in [0.2, 0.25) is 0 Å². The van der Waals surface area contributed by atoms with Crippen molar-refractivity contribution in [1.82, 2.24) is 0 Å². The minimum atomic E-state index is -1.02. The number of halogens is 1. The van der Waals surface area contributed by atoms with Gasteiger partial charge in [-0.25, -0.2) is 0 Å². The first-order valence-electron chi connectivity index (χ1n) is 4.18. The number of nitrogens with two attached hydrogens (primary N) is 1. The number of hydrogen-bond acceptors (Lipinski definition) is 1. The van der Waals surface area contributed by atoms with E-state index >= 15 is 0 Å². The summed E-state index contributed by atoms with van der Waals surface area (Å²) in [5.74, 6) is -0.566. The normalized spacial score (nSPS) is 14.7. The molecule has 1 unspecified atom stereocenters. The van der Waals surface area contributed by atoms with Gasteiger partial charge in [0.05, 0.1) is 0 Å². The third-order valence-electron chi connectivity index (χ3n) is 1.86. The van der Waals surface area contributed by atoms with Crippen LogP contribution in [0.15, 0.2) is 30.3 Å². The minimum absolute atomic E-state index is 0.255. The molecule has 0 heterocycles. The van der Waals surface area contributed by atoms with Crippen molar-refractivity contribution in [2.75, 3.05) is 6.67 Å². The third kappa shape index (κ3) is 2.56. The quantitative estimate of drug-likeness (QED) is 0.794. The van der Waals surface area contributed by atoms with Crippen molar-refractivity contribution in [3.05, 3.63) is 30.3 Å². The Morgan fingerprint density at radius 2 is 2.07 bits per heavy atom. The van der Waals surface area contributed by atoms with Gasteiger partial charge in [-0.2, -0.15) is 0 Å². The molecule has 14 heavy (non-hydrogen) atoms. The molecule has 2 N–H and O–H groups in total. The van der Waals surface area contributed by atoms with Gasteiger partial charge in [-0.3, -0.25) is 0 Å². The van der Waals surface area contributed by atoms with Crippen LogP contribution in [0.25, 0.3) is 0 Å².